The summed E-state index contributed by atoms with van der Waals surface area (Å²) in [5, 5.41) is 11.9. The lowest BCUT2D eigenvalue weighted by Gasteiger charge is -2.25. The van der Waals surface area contributed by atoms with E-state index in [1.54, 1.807) is 0 Å². The molecule has 1 aliphatic rings. The van der Waals surface area contributed by atoms with Crippen molar-refractivity contribution in [2.45, 2.75) is 39.3 Å². The number of rotatable bonds is 5. The molecule has 2 N–H and O–H groups in total. The van der Waals surface area contributed by atoms with Crippen molar-refractivity contribution in [2.75, 3.05) is 19.8 Å². The monoisotopic (exact) mass is 258 g/mol. The minimum absolute atomic E-state index is 0.00421. The number of carbonyl (C=O) groups excluding carboxylic acids is 1. The fourth-order valence-electron chi connectivity index (χ4n) is 2.18. The molecule has 1 heterocycles. The van der Waals surface area contributed by atoms with Crippen molar-refractivity contribution in [3.05, 3.63) is 0 Å². The van der Waals surface area contributed by atoms with Crippen molar-refractivity contribution < 1.29 is 19.4 Å². The molecule has 104 valence electrons. The number of carboxylic acids is 1. The summed E-state index contributed by atoms with van der Waals surface area (Å²) in [7, 11) is 0. The van der Waals surface area contributed by atoms with Crippen LogP contribution in [0.3, 0.4) is 0 Å². The van der Waals surface area contributed by atoms with E-state index in [4.69, 9.17) is 9.84 Å². The Kier molecular flexibility index (Phi) is 5.40. The molecule has 3 unspecified atom stereocenters. The van der Waals surface area contributed by atoms with Crippen molar-refractivity contribution in [1.82, 2.24) is 10.2 Å². The number of aliphatic carboxylic acids is 1. The molecule has 0 radical (unpaired) electrons. The fourth-order valence-corrected chi connectivity index (χ4v) is 2.18. The summed E-state index contributed by atoms with van der Waals surface area (Å²) >= 11 is 0. The maximum atomic E-state index is 12.0. The highest BCUT2D eigenvalue weighted by atomic mass is 16.5. The zero-order chi connectivity index (χ0) is 13.7. The second kappa shape index (κ2) is 6.58. The van der Waals surface area contributed by atoms with Crippen molar-refractivity contribution in [3.63, 3.8) is 0 Å². The largest absolute Gasteiger partial charge is 0.480 e. The average Bonchev–Trinajstić information content (AvgIpc) is 2.68. The molecule has 18 heavy (non-hydrogen) atoms. The van der Waals surface area contributed by atoms with E-state index < -0.39 is 12.0 Å². The summed E-state index contributed by atoms with van der Waals surface area (Å²) in [4.78, 5) is 24.5. The van der Waals surface area contributed by atoms with Gasteiger partial charge >= 0.3 is 12.0 Å². The van der Waals surface area contributed by atoms with Gasteiger partial charge in [0.2, 0.25) is 0 Å². The molecule has 0 aromatic rings. The van der Waals surface area contributed by atoms with Crippen LogP contribution in [0.1, 0.15) is 27.2 Å². The normalized spacial score (nSPS) is 24.9. The number of hydrogen-bond donors (Lipinski definition) is 2. The molecule has 1 saturated heterocycles. The van der Waals surface area contributed by atoms with Gasteiger partial charge in [-0.15, -0.1) is 0 Å². The van der Waals surface area contributed by atoms with E-state index >= 15 is 0 Å². The van der Waals surface area contributed by atoms with Gasteiger partial charge in [0, 0.05) is 13.2 Å². The van der Waals surface area contributed by atoms with Gasteiger partial charge in [-0.2, -0.15) is 0 Å². The number of ether oxygens (including phenoxy) is 1. The van der Waals surface area contributed by atoms with E-state index in [0.717, 1.165) is 6.42 Å². The second-order valence-corrected chi connectivity index (χ2v) is 4.75. The van der Waals surface area contributed by atoms with Crippen molar-refractivity contribution in [2.24, 2.45) is 5.92 Å². The Bertz CT molecular complexity index is 308. The lowest BCUT2D eigenvalue weighted by molar-refractivity contribution is -0.142. The third kappa shape index (κ3) is 3.60. The molecule has 0 saturated carbocycles. The Labute approximate surface area is 107 Å². The Morgan fingerprint density at radius 2 is 2.22 bits per heavy atom. The molecule has 0 aromatic heterocycles. The van der Waals surface area contributed by atoms with Crippen LogP contribution in [0.4, 0.5) is 4.79 Å². The van der Waals surface area contributed by atoms with Crippen LogP contribution >= 0.6 is 0 Å². The number of carboxylic acid groups (broad SMARTS) is 1. The van der Waals surface area contributed by atoms with Crippen LogP contribution in [-0.4, -0.2) is 53.8 Å². The molecule has 0 aromatic carbocycles. The minimum Gasteiger partial charge on any atom is -0.480 e. The van der Waals surface area contributed by atoms with Crippen LogP contribution in [0.15, 0.2) is 0 Å². The Balaban J connectivity index is 2.53. The van der Waals surface area contributed by atoms with E-state index in [0.29, 0.717) is 19.8 Å². The number of nitrogens with zero attached hydrogens (tertiary/aromatic N) is 1. The third-order valence-corrected chi connectivity index (χ3v) is 3.16. The first-order valence-electron chi connectivity index (χ1n) is 6.35. The summed E-state index contributed by atoms with van der Waals surface area (Å²) < 4.78 is 5.20. The van der Waals surface area contributed by atoms with E-state index in [-0.39, 0.29) is 18.0 Å². The van der Waals surface area contributed by atoms with E-state index in [2.05, 4.69) is 5.32 Å². The topological polar surface area (TPSA) is 78.9 Å². The predicted octanol–water partition coefficient (Wildman–Crippen LogP) is 0.916. The van der Waals surface area contributed by atoms with Crippen molar-refractivity contribution in [3.8, 4) is 0 Å². The van der Waals surface area contributed by atoms with E-state index in [9.17, 15) is 9.59 Å². The standard InChI is InChI=1S/C12H22N2O4/c1-4-18-7-9(3)13-12(17)14-6-5-8(2)10(14)11(15)16/h8-10H,4-7H2,1-3H3,(H,13,17)(H,15,16). The van der Waals surface area contributed by atoms with Crippen molar-refractivity contribution >= 4 is 12.0 Å². The van der Waals surface area contributed by atoms with Crippen molar-refractivity contribution in [1.29, 1.82) is 0 Å². The summed E-state index contributed by atoms with van der Waals surface area (Å²) in [5.41, 5.74) is 0. The molecule has 0 spiro atoms. The number of urea groups is 1. The van der Waals surface area contributed by atoms with Gasteiger partial charge in [0.25, 0.3) is 0 Å². The molecule has 1 aliphatic heterocycles. The van der Waals surface area contributed by atoms with Crippen LogP contribution in [-0.2, 0) is 9.53 Å². The van der Waals surface area contributed by atoms with Gasteiger partial charge in [0.05, 0.1) is 12.6 Å². The highest BCUT2D eigenvalue weighted by Crippen LogP contribution is 2.24. The summed E-state index contributed by atoms with van der Waals surface area (Å²) in [6.07, 6.45) is 0.726. The second-order valence-electron chi connectivity index (χ2n) is 4.75. The summed E-state index contributed by atoms with van der Waals surface area (Å²) in [5.74, 6) is -0.942. The molecule has 1 rings (SSSR count). The van der Waals surface area contributed by atoms with Gasteiger partial charge in [0.1, 0.15) is 6.04 Å². The number of hydrogen-bond acceptors (Lipinski definition) is 3. The van der Waals surface area contributed by atoms with Gasteiger partial charge in [-0.25, -0.2) is 9.59 Å². The molecule has 3 atom stereocenters. The highest BCUT2D eigenvalue weighted by Gasteiger charge is 2.39. The zero-order valence-corrected chi connectivity index (χ0v) is 11.2. The van der Waals surface area contributed by atoms with E-state index in [1.165, 1.54) is 4.90 Å². The molecule has 6 nitrogen and oxygen atoms in total. The maximum absolute atomic E-state index is 12.0. The average molecular weight is 258 g/mol. The maximum Gasteiger partial charge on any atom is 0.326 e. The SMILES string of the molecule is CCOCC(C)NC(=O)N1CCC(C)C1C(=O)O. The molecule has 0 aliphatic carbocycles. The number of amides is 2. The lowest BCUT2D eigenvalue weighted by atomic mass is 10.0. The smallest absolute Gasteiger partial charge is 0.326 e. The zero-order valence-electron chi connectivity index (χ0n) is 11.2. The van der Waals surface area contributed by atoms with Crippen LogP contribution in [0, 0.1) is 5.92 Å². The van der Waals surface area contributed by atoms with Crippen LogP contribution in [0.25, 0.3) is 0 Å². The molecular weight excluding hydrogens is 236 g/mol. The predicted molar refractivity (Wildman–Crippen MR) is 66.4 cm³/mol. The van der Waals surface area contributed by atoms with Gasteiger partial charge in [-0.1, -0.05) is 6.92 Å². The van der Waals surface area contributed by atoms with Crippen LogP contribution in [0.5, 0.6) is 0 Å². The van der Waals surface area contributed by atoms with Gasteiger partial charge in [-0.3, -0.25) is 0 Å². The first kappa shape index (κ1) is 14.8. The van der Waals surface area contributed by atoms with Crippen LogP contribution in [0.2, 0.25) is 0 Å². The minimum atomic E-state index is -0.937. The Morgan fingerprint density at radius 3 is 2.78 bits per heavy atom. The first-order chi connectivity index (χ1) is 8.47. The molecule has 2 amide bonds. The summed E-state index contributed by atoms with van der Waals surface area (Å²) in [6, 6.07) is -1.16. The lowest BCUT2D eigenvalue weighted by Crippen LogP contribution is -2.50. The number of nitrogens with one attached hydrogen (secondary N) is 1. The fraction of sp³-hybridized carbons (Fsp3) is 0.833. The highest BCUT2D eigenvalue weighted by molar-refractivity contribution is 5.83. The van der Waals surface area contributed by atoms with Gasteiger partial charge < -0.3 is 20.1 Å². The number of likely N-dealkylation sites (tertiary alicyclic amines) is 1. The molecular formula is C12H22N2O4. The quantitative estimate of drug-likeness (QED) is 0.768. The summed E-state index contributed by atoms with van der Waals surface area (Å²) in [6.45, 7) is 7.10. The Hall–Kier alpha value is -1.30. The number of carbonyl (C=O) groups is 2. The molecule has 1 fully saturated rings. The van der Waals surface area contributed by atoms with Gasteiger partial charge in [0.15, 0.2) is 0 Å². The first-order valence-corrected chi connectivity index (χ1v) is 6.35. The van der Waals surface area contributed by atoms with Gasteiger partial charge in [-0.05, 0) is 26.2 Å². The third-order valence-electron chi connectivity index (χ3n) is 3.16. The molecule has 6 heteroatoms. The Morgan fingerprint density at radius 1 is 1.56 bits per heavy atom. The molecule has 0 bridgehead atoms. The van der Waals surface area contributed by atoms with Crippen LogP contribution < -0.4 is 5.32 Å². The van der Waals surface area contributed by atoms with E-state index in [1.807, 2.05) is 20.8 Å².